The highest BCUT2D eigenvalue weighted by Crippen LogP contribution is 2.21. The summed E-state index contributed by atoms with van der Waals surface area (Å²) in [6, 6.07) is 4.84. The molecule has 0 aromatic heterocycles. The molecule has 1 rings (SSSR count). The average Bonchev–Trinajstić information content (AvgIpc) is 2.16. The van der Waals surface area contributed by atoms with Crippen molar-refractivity contribution in [1.29, 1.82) is 0 Å². The monoisotopic (exact) mass is 180 g/mol. The van der Waals surface area contributed by atoms with Crippen LogP contribution in [-0.4, -0.2) is 12.0 Å². The van der Waals surface area contributed by atoms with Crippen molar-refractivity contribution in [2.45, 2.75) is 13.3 Å². The van der Waals surface area contributed by atoms with Crippen molar-refractivity contribution in [2.75, 3.05) is 12.4 Å². The predicted octanol–water partition coefficient (Wildman–Crippen LogP) is 2.20. The van der Waals surface area contributed by atoms with Gasteiger partial charge in [-0.25, -0.2) is 0 Å². The van der Waals surface area contributed by atoms with Crippen molar-refractivity contribution in [3.63, 3.8) is 0 Å². The number of nitrogens with zero attached hydrogens (tertiary/aromatic N) is 1. The molecule has 0 atom stereocenters. The lowest BCUT2D eigenvalue weighted by Gasteiger charge is -2.05. The van der Waals surface area contributed by atoms with Crippen LogP contribution in [0, 0.1) is 10.1 Å². The predicted molar refractivity (Wildman–Crippen MR) is 52.0 cm³/mol. The summed E-state index contributed by atoms with van der Waals surface area (Å²) in [7, 11) is 1.81. The topological polar surface area (TPSA) is 55.2 Å². The number of nitro groups is 1. The van der Waals surface area contributed by atoms with Gasteiger partial charge in [0.2, 0.25) is 0 Å². The maximum absolute atomic E-state index is 10.5. The molecule has 0 spiro atoms. The summed E-state index contributed by atoms with van der Waals surface area (Å²) in [5.41, 5.74) is 2.07. The van der Waals surface area contributed by atoms with Crippen LogP contribution in [0.1, 0.15) is 12.5 Å². The lowest BCUT2D eigenvalue weighted by molar-refractivity contribution is -0.384. The Labute approximate surface area is 76.7 Å². The Bertz CT molecular complexity index is 323. The van der Waals surface area contributed by atoms with E-state index in [-0.39, 0.29) is 10.6 Å². The van der Waals surface area contributed by atoms with Crippen molar-refractivity contribution in [1.82, 2.24) is 0 Å². The summed E-state index contributed by atoms with van der Waals surface area (Å²) in [6.45, 7) is 1.97. The maximum Gasteiger partial charge on any atom is 0.269 e. The minimum Gasteiger partial charge on any atom is -0.388 e. The van der Waals surface area contributed by atoms with Crippen molar-refractivity contribution < 1.29 is 4.92 Å². The molecule has 0 amide bonds. The number of aryl methyl sites for hydroxylation is 1. The summed E-state index contributed by atoms with van der Waals surface area (Å²) >= 11 is 0. The van der Waals surface area contributed by atoms with Gasteiger partial charge in [-0.15, -0.1) is 0 Å². The second kappa shape index (κ2) is 3.89. The largest absolute Gasteiger partial charge is 0.388 e. The molecule has 1 N–H and O–H groups in total. The molecule has 0 radical (unpaired) electrons. The molecule has 0 saturated carbocycles. The third kappa shape index (κ3) is 1.96. The molecule has 4 heteroatoms. The van der Waals surface area contributed by atoms with Gasteiger partial charge in [-0.1, -0.05) is 6.92 Å². The molecule has 0 aliphatic heterocycles. The lowest BCUT2D eigenvalue weighted by atomic mass is 10.1. The van der Waals surface area contributed by atoms with Gasteiger partial charge in [-0.2, -0.15) is 0 Å². The average molecular weight is 180 g/mol. The highest BCUT2D eigenvalue weighted by molar-refractivity contribution is 5.55. The first kappa shape index (κ1) is 9.51. The molecule has 4 nitrogen and oxygen atoms in total. The van der Waals surface area contributed by atoms with Gasteiger partial charge < -0.3 is 5.32 Å². The second-order valence-corrected chi connectivity index (χ2v) is 2.70. The van der Waals surface area contributed by atoms with E-state index in [0.717, 1.165) is 17.7 Å². The fraction of sp³-hybridized carbons (Fsp3) is 0.333. The number of hydrogen-bond acceptors (Lipinski definition) is 3. The zero-order valence-electron chi connectivity index (χ0n) is 7.70. The summed E-state index contributed by atoms with van der Waals surface area (Å²) in [5, 5.41) is 13.4. The molecule has 0 unspecified atom stereocenters. The Kier molecular flexibility index (Phi) is 2.84. The summed E-state index contributed by atoms with van der Waals surface area (Å²) in [4.78, 5) is 10.1. The first-order chi connectivity index (χ1) is 6.19. The summed E-state index contributed by atoms with van der Waals surface area (Å²) in [6.07, 6.45) is 0.790. The van der Waals surface area contributed by atoms with E-state index in [1.54, 1.807) is 19.2 Å². The van der Waals surface area contributed by atoms with Gasteiger partial charge in [-0.3, -0.25) is 10.1 Å². The van der Waals surface area contributed by atoms with Crippen LogP contribution in [0.15, 0.2) is 18.2 Å². The minimum absolute atomic E-state index is 0.149. The van der Waals surface area contributed by atoms with Gasteiger partial charge in [-0.05, 0) is 18.1 Å². The van der Waals surface area contributed by atoms with Crippen molar-refractivity contribution in [2.24, 2.45) is 0 Å². The van der Waals surface area contributed by atoms with Gasteiger partial charge in [0.15, 0.2) is 0 Å². The molecule has 0 fully saturated rings. The molecule has 1 aromatic carbocycles. The number of anilines is 1. The van der Waals surface area contributed by atoms with Gasteiger partial charge in [0, 0.05) is 24.9 Å². The highest BCUT2D eigenvalue weighted by atomic mass is 16.6. The van der Waals surface area contributed by atoms with E-state index in [1.165, 1.54) is 6.07 Å². The Morgan fingerprint density at radius 3 is 2.69 bits per heavy atom. The van der Waals surface area contributed by atoms with Gasteiger partial charge >= 0.3 is 0 Å². The van der Waals surface area contributed by atoms with Crippen LogP contribution in [0.5, 0.6) is 0 Å². The molecule has 0 bridgehead atoms. The van der Waals surface area contributed by atoms with E-state index in [9.17, 15) is 10.1 Å². The summed E-state index contributed by atoms with van der Waals surface area (Å²) < 4.78 is 0. The fourth-order valence-corrected chi connectivity index (χ4v) is 1.23. The van der Waals surface area contributed by atoms with E-state index in [4.69, 9.17) is 0 Å². The van der Waals surface area contributed by atoms with E-state index < -0.39 is 0 Å². The highest BCUT2D eigenvalue weighted by Gasteiger charge is 2.07. The maximum atomic E-state index is 10.5. The second-order valence-electron chi connectivity index (χ2n) is 2.70. The number of benzene rings is 1. The molecule has 0 heterocycles. The van der Waals surface area contributed by atoms with E-state index >= 15 is 0 Å². The Hall–Kier alpha value is -1.58. The number of nitro benzene ring substituents is 1. The first-order valence-corrected chi connectivity index (χ1v) is 4.14. The van der Waals surface area contributed by atoms with Gasteiger partial charge in [0.1, 0.15) is 0 Å². The number of rotatable bonds is 3. The molecular weight excluding hydrogens is 168 g/mol. The molecule has 0 aliphatic rings. The first-order valence-electron chi connectivity index (χ1n) is 4.14. The van der Waals surface area contributed by atoms with E-state index in [0.29, 0.717) is 0 Å². The molecule has 0 aliphatic carbocycles. The fourth-order valence-electron chi connectivity index (χ4n) is 1.23. The van der Waals surface area contributed by atoms with E-state index in [2.05, 4.69) is 5.32 Å². The normalized spacial score (nSPS) is 9.69. The molecule has 13 heavy (non-hydrogen) atoms. The third-order valence-electron chi connectivity index (χ3n) is 1.95. The minimum atomic E-state index is -0.376. The SMILES string of the molecule is CCc1cc([N+](=O)[O-])ccc1NC. The quantitative estimate of drug-likeness (QED) is 0.573. The van der Waals surface area contributed by atoms with Crippen LogP contribution in [0.25, 0.3) is 0 Å². The standard InChI is InChI=1S/C9H12N2O2/c1-3-7-6-8(11(12)13)4-5-9(7)10-2/h4-6,10H,3H2,1-2H3. The number of nitrogens with one attached hydrogen (secondary N) is 1. The molecule has 1 aromatic rings. The van der Waals surface area contributed by atoms with Crippen molar-refractivity contribution >= 4 is 11.4 Å². The smallest absolute Gasteiger partial charge is 0.269 e. The molecule has 0 saturated heterocycles. The van der Waals surface area contributed by atoms with Crippen LogP contribution >= 0.6 is 0 Å². The van der Waals surface area contributed by atoms with Crippen LogP contribution in [0.3, 0.4) is 0 Å². The Morgan fingerprint density at radius 2 is 2.23 bits per heavy atom. The van der Waals surface area contributed by atoms with E-state index in [1.807, 2.05) is 6.92 Å². The third-order valence-corrected chi connectivity index (χ3v) is 1.95. The Balaban J connectivity index is 3.13. The van der Waals surface area contributed by atoms with Crippen molar-refractivity contribution in [3.8, 4) is 0 Å². The zero-order chi connectivity index (χ0) is 9.84. The van der Waals surface area contributed by atoms with Crippen LogP contribution in [0.2, 0.25) is 0 Å². The van der Waals surface area contributed by atoms with Crippen molar-refractivity contribution in [3.05, 3.63) is 33.9 Å². The zero-order valence-corrected chi connectivity index (χ0v) is 7.70. The molecular formula is C9H12N2O2. The Morgan fingerprint density at radius 1 is 1.54 bits per heavy atom. The van der Waals surface area contributed by atoms with Gasteiger partial charge in [0.05, 0.1) is 4.92 Å². The van der Waals surface area contributed by atoms with Crippen LogP contribution in [0.4, 0.5) is 11.4 Å². The van der Waals surface area contributed by atoms with Crippen LogP contribution < -0.4 is 5.32 Å². The van der Waals surface area contributed by atoms with Crippen LogP contribution in [-0.2, 0) is 6.42 Å². The summed E-state index contributed by atoms with van der Waals surface area (Å²) in [5.74, 6) is 0. The van der Waals surface area contributed by atoms with Gasteiger partial charge in [0.25, 0.3) is 5.69 Å². The lowest BCUT2D eigenvalue weighted by Crippen LogP contribution is -1.96. The molecule has 70 valence electrons. The number of hydrogen-bond donors (Lipinski definition) is 1. The number of non-ortho nitro benzene ring substituents is 1.